The topological polar surface area (TPSA) is 15.3 Å². The van der Waals surface area contributed by atoms with Gasteiger partial charge < -0.3 is 10.2 Å². The maximum Gasteiger partial charge on any atom is 0.0525 e. The summed E-state index contributed by atoms with van der Waals surface area (Å²) in [7, 11) is 0. The van der Waals surface area contributed by atoms with Gasteiger partial charge in [-0.3, -0.25) is 0 Å². The zero-order chi connectivity index (χ0) is 7.73. The van der Waals surface area contributed by atoms with Gasteiger partial charge in [0.25, 0.3) is 0 Å². The van der Waals surface area contributed by atoms with Crippen LogP contribution in [0, 0.1) is 11.6 Å². The lowest BCUT2D eigenvalue weighted by molar-refractivity contribution is 0.319. The molecule has 0 aromatic rings. The summed E-state index contributed by atoms with van der Waals surface area (Å²) in [6.07, 6.45) is 5.63. The number of nitrogens with one attached hydrogen (secondary N) is 1. The smallest absolute Gasteiger partial charge is 0.0525 e. The van der Waals surface area contributed by atoms with E-state index >= 15 is 0 Å². The van der Waals surface area contributed by atoms with E-state index in [0.29, 0.717) is 5.41 Å². The maximum atomic E-state index is 3.68. The largest absolute Gasteiger partial charge is 0.370 e. The summed E-state index contributed by atoms with van der Waals surface area (Å²) in [5.41, 5.74) is 0.574. The summed E-state index contributed by atoms with van der Waals surface area (Å²) >= 11 is 0. The molecule has 2 aliphatic rings. The Balaban J connectivity index is 2.01. The molecular weight excluding hydrogens is 136 g/mol. The molecule has 0 aromatic heterocycles. The van der Waals surface area contributed by atoms with E-state index in [1.54, 1.807) is 0 Å². The molecule has 1 unspecified atom stereocenters. The van der Waals surface area contributed by atoms with Gasteiger partial charge in [0.1, 0.15) is 0 Å². The van der Waals surface area contributed by atoms with E-state index in [9.17, 15) is 0 Å². The second-order valence-corrected chi connectivity index (χ2v) is 3.76. The first-order valence-electron chi connectivity index (χ1n) is 4.33. The standard InChI is InChI=1S/C9H15N2/c1-2-11-6-4-9(8-11)3-5-10-7-9/h10H,1,3-8H2. The summed E-state index contributed by atoms with van der Waals surface area (Å²) in [6.45, 7) is 8.40. The molecule has 2 nitrogen and oxygen atoms in total. The van der Waals surface area contributed by atoms with E-state index in [1.807, 2.05) is 0 Å². The van der Waals surface area contributed by atoms with E-state index in [0.717, 1.165) is 6.54 Å². The Morgan fingerprint density at radius 1 is 1.45 bits per heavy atom. The molecule has 2 heterocycles. The van der Waals surface area contributed by atoms with Crippen LogP contribution in [0.3, 0.4) is 0 Å². The summed E-state index contributed by atoms with van der Waals surface area (Å²) in [4.78, 5) is 2.22. The SMILES string of the molecule is C=[C]N1CCC2(CCNC2)C1. The van der Waals surface area contributed by atoms with Gasteiger partial charge in [0.05, 0.1) is 6.20 Å². The van der Waals surface area contributed by atoms with Gasteiger partial charge in [-0.05, 0) is 19.4 Å². The quantitative estimate of drug-likeness (QED) is 0.591. The second kappa shape index (κ2) is 2.52. The first kappa shape index (κ1) is 7.17. The number of hydrogen-bond acceptors (Lipinski definition) is 2. The predicted octanol–water partition coefficient (Wildman–Crippen LogP) is 0.618. The zero-order valence-corrected chi connectivity index (χ0v) is 6.90. The van der Waals surface area contributed by atoms with Crippen LogP contribution in [0.25, 0.3) is 0 Å². The number of hydrogen-bond donors (Lipinski definition) is 1. The van der Waals surface area contributed by atoms with Crippen LogP contribution in [0.15, 0.2) is 6.58 Å². The van der Waals surface area contributed by atoms with E-state index in [-0.39, 0.29) is 0 Å². The Kier molecular flexibility index (Phi) is 1.64. The third kappa shape index (κ3) is 1.16. The Morgan fingerprint density at radius 2 is 2.36 bits per heavy atom. The van der Waals surface area contributed by atoms with E-state index in [4.69, 9.17) is 0 Å². The number of nitrogens with zero attached hydrogens (tertiary/aromatic N) is 1. The zero-order valence-electron chi connectivity index (χ0n) is 6.90. The third-order valence-electron chi connectivity index (χ3n) is 2.99. The van der Waals surface area contributed by atoms with Crippen LogP contribution in [0.5, 0.6) is 0 Å². The van der Waals surface area contributed by atoms with Crippen molar-refractivity contribution in [2.24, 2.45) is 5.41 Å². The molecule has 0 aliphatic carbocycles. The molecular formula is C9H15N2. The van der Waals surface area contributed by atoms with Crippen molar-refractivity contribution >= 4 is 0 Å². The van der Waals surface area contributed by atoms with Gasteiger partial charge in [0.2, 0.25) is 0 Å². The average Bonchev–Trinajstić information content (AvgIpc) is 2.62. The van der Waals surface area contributed by atoms with Crippen molar-refractivity contribution < 1.29 is 0 Å². The molecule has 0 amide bonds. The molecule has 1 radical (unpaired) electrons. The highest BCUT2D eigenvalue weighted by Crippen LogP contribution is 2.35. The average molecular weight is 151 g/mol. The molecule has 61 valence electrons. The van der Waals surface area contributed by atoms with Crippen LogP contribution in [-0.2, 0) is 0 Å². The fraction of sp³-hybridized carbons (Fsp3) is 0.778. The van der Waals surface area contributed by atoms with Gasteiger partial charge in [-0.25, -0.2) is 0 Å². The normalized spacial score (nSPS) is 36.9. The Hall–Kier alpha value is -0.500. The van der Waals surface area contributed by atoms with Crippen LogP contribution < -0.4 is 5.32 Å². The van der Waals surface area contributed by atoms with Gasteiger partial charge in [0.15, 0.2) is 0 Å². The predicted molar refractivity (Wildman–Crippen MR) is 45.0 cm³/mol. The molecule has 0 saturated carbocycles. The fourth-order valence-corrected chi connectivity index (χ4v) is 2.21. The van der Waals surface area contributed by atoms with Crippen LogP contribution >= 0.6 is 0 Å². The Bertz CT molecular complexity index is 159. The van der Waals surface area contributed by atoms with Gasteiger partial charge >= 0.3 is 0 Å². The van der Waals surface area contributed by atoms with Gasteiger partial charge in [-0.2, -0.15) is 0 Å². The molecule has 1 atom stereocenters. The van der Waals surface area contributed by atoms with Crippen LogP contribution in [-0.4, -0.2) is 31.1 Å². The summed E-state index contributed by atoms with van der Waals surface area (Å²) in [6, 6.07) is 0. The molecule has 2 aliphatic heterocycles. The maximum absolute atomic E-state index is 3.68. The number of rotatable bonds is 1. The second-order valence-electron chi connectivity index (χ2n) is 3.76. The molecule has 1 spiro atoms. The van der Waals surface area contributed by atoms with E-state index in [1.165, 1.54) is 32.5 Å². The molecule has 2 saturated heterocycles. The molecule has 0 aromatic carbocycles. The minimum absolute atomic E-state index is 0.574. The van der Waals surface area contributed by atoms with E-state index < -0.39 is 0 Å². The molecule has 2 rings (SSSR count). The monoisotopic (exact) mass is 151 g/mol. The van der Waals surface area contributed by atoms with Gasteiger partial charge in [-0.1, -0.05) is 6.58 Å². The molecule has 11 heavy (non-hydrogen) atoms. The van der Waals surface area contributed by atoms with Crippen molar-refractivity contribution in [3.8, 4) is 0 Å². The lowest BCUT2D eigenvalue weighted by Crippen LogP contribution is -2.26. The molecule has 2 heteroatoms. The first-order valence-corrected chi connectivity index (χ1v) is 4.33. The van der Waals surface area contributed by atoms with Crippen LogP contribution in [0.4, 0.5) is 0 Å². The third-order valence-corrected chi connectivity index (χ3v) is 2.99. The summed E-state index contributed by atoms with van der Waals surface area (Å²) in [5, 5.41) is 3.42. The Labute approximate surface area is 68.3 Å². The highest BCUT2D eigenvalue weighted by molar-refractivity contribution is 4.96. The van der Waals surface area contributed by atoms with E-state index in [2.05, 4.69) is 23.0 Å². The van der Waals surface area contributed by atoms with Gasteiger partial charge in [0, 0.05) is 25.0 Å². The van der Waals surface area contributed by atoms with Gasteiger partial charge in [-0.15, -0.1) is 0 Å². The minimum Gasteiger partial charge on any atom is -0.370 e. The highest BCUT2D eigenvalue weighted by Gasteiger charge is 2.39. The summed E-state index contributed by atoms with van der Waals surface area (Å²) < 4.78 is 0. The first-order chi connectivity index (χ1) is 5.35. The van der Waals surface area contributed by atoms with Crippen molar-refractivity contribution in [1.29, 1.82) is 0 Å². The van der Waals surface area contributed by atoms with Crippen molar-refractivity contribution in [2.45, 2.75) is 12.8 Å². The number of likely N-dealkylation sites (tertiary alicyclic amines) is 1. The molecule has 0 bridgehead atoms. The van der Waals surface area contributed by atoms with Crippen molar-refractivity contribution in [1.82, 2.24) is 10.2 Å². The fourth-order valence-electron chi connectivity index (χ4n) is 2.21. The minimum atomic E-state index is 0.574. The highest BCUT2D eigenvalue weighted by atomic mass is 15.2. The van der Waals surface area contributed by atoms with Crippen molar-refractivity contribution in [3.63, 3.8) is 0 Å². The van der Waals surface area contributed by atoms with Crippen LogP contribution in [0.1, 0.15) is 12.8 Å². The van der Waals surface area contributed by atoms with Crippen molar-refractivity contribution in [2.75, 3.05) is 26.2 Å². The van der Waals surface area contributed by atoms with Crippen LogP contribution in [0.2, 0.25) is 0 Å². The lowest BCUT2D eigenvalue weighted by atomic mass is 9.87. The molecule has 1 N–H and O–H groups in total. The molecule has 2 fully saturated rings. The van der Waals surface area contributed by atoms with Crippen molar-refractivity contribution in [3.05, 3.63) is 12.8 Å². The summed E-state index contributed by atoms with van der Waals surface area (Å²) in [5.74, 6) is 0. The Morgan fingerprint density at radius 3 is 2.91 bits per heavy atom. The lowest BCUT2D eigenvalue weighted by Gasteiger charge is -2.21.